The van der Waals surface area contributed by atoms with E-state index in [2.05, 4.69) is 5.32 Å². The number of nitrogens with zero attached hydrogens (tertiary/aromatic N) is 1. The SMILES string of the molecule is CCOC(=O)c1ccc(NC(=O)CN(c2ccc(Cl)c(C(F)(F)F)c2)S(=O)(=O)c2ccccc2)c(Cl)c1. The minimum atomic E-state index is -4.87. The van der Waals surface area contributed by atoms with Crippen molar-refractivity contribution in [3.05, 3.63) is 87.9 Å². The number of carbonyl (C=O) groups is 2. The fourth-order valence-electron chi connectivity index (χ4n) is 3.20. The zero-order chi connectivity index (χ0) is 27.4. The molecule has 0 unspecified atom stereocenters. The van der Waals surface area contributed by atoms with Gasteiger partial charge in [0.2, 0.25) is 5.91 Å². The van der Waals surface area contributed by atoms with E-state index in [-0.39, 0.29) is 27.8 Å². The monoisotopic (exact) mass is 574 g/mol. The number of esters is 1. The molecule has 0 aliphatic heterocycles. The molecule has 13 heteroatoms. The standard InChI is InChI=1S/C24H19Cl2F3N2O5S/c1-2-36-23(33)15-8-11-21(20(26)12-15)30-22(32)14-31(37(34,35)17-6-4-3-5-7-17)16-9-10-19(25)18(13-16)24(27,28)29/h3-13H,2,14H2,1H3,(H,30,32). The van der Waals surface area contributed by atoms with Crippen LogP contribution in [0.2, 0.25) is 10.0 Å². The highest BCUT2D eigenvalue weighted by Gasteiger charge is 2.35. The van der Waals surface area contributed by atoms with E-state index in [9.17, 15) is 31.2 Å². The molecule has 1 amide bonds. The smallest absolute Gasteiger partial charge is 0.417 e. The van der Waals surface area contributed by atoms with Crippen LogP contribution in [0, 0.1) is 0 Å². The van der Waals surface area contributed by atoms with Gasteiger partial charge in [0, 0.05) is 0 Å². The second-order valence-corrected chi connectivity index (χ2v) is 10.1. The molecule has 3 aromatic rings. The number of hydrogen-bond donors (Lipinski definition) is 1. The van der Waals surface area contributed by atoms with Crippen LogP contribution in [-0.2, 0) is 25.7 Å². The molecule has 0 saturated carbocycles. The molecule has 0 spiro atoms. The number of alkyl halides is 3. The second-order valence-electron chi connectivity index (χ2n) is 7.45. The molecule has 0 bridgehead atoms. The summed E-state index contributed by atoms with van der Waals surface area (Å²) in [7, 11) is -4.48. The Kier molecular flexibility index (Phi) is 8.72. The summed E-state index contributed by atoms with van der Waals surface area (Å²) in [6, 6.07) is 13.3. The van der Waals surface area contributed by atoms with Crippen molar-refractivity contribution in [1.82, 2.24) is 0 Å². The maximum Gasteiger partial charge on any atom is 0.417 e. The molecule has 0 aliphatic carbocycles. The van der Waals surface area contributed by atoms with E-state index < -0.39 is 50.9 Å². The highest BCUT2D eigenvalue weighted by Crippen LogP contribution is 2.38. The molecule has 1 N–H and O–H groups in total. The maximum atomic E-state index is 13.5. The largest absolute Gasteiger partial charge is 0.462 e. The summed E-state index contributed by atoms with van der Waals surface area (Å²) in [5, 5.41) is 1.74. The first-order valence-corrected chi connectivity index (χ1v) is 12.7. The fraction of sp³-hybridized carbons (Fsp3) is 0.167. The lowest BCUT2D eigenvalue weighted by atomic mass is 10.2. The molecule has 0 fully saturated rings. The Bertz CT molecular complexity index is 1420. The lowest BCUT2D eigenvalue weighted by molar-refractivity contribution is -0.137. The van der Waals surface area contributed by atoms with Gasteiger partial charge in [0.15, 0.2) is 0 Å². The summed E-state index contributed by atoms with van der Waals surface area (Å²) < 4.78 is 72.5. The van der Waals surface area contributed by atoms with Crippen molar-refractivity contribution in [2.24, 2.45) is 0 Å². The fourth-order valence-corrected chi connectivity index (χ4v) is 5.08. The zero-order valence-corrected chi connectivity index (χ0v) is 21.4. The molecule has 196 valence electrons. The molecular formula is C24H19Cl2F3N2O5S. The Balaban J connectivity index is 1.97. The molecule has 0 heterocycles. The summed E-state index contributed by atoms with van der Waals surface area (Å²) in [6.07, 6.45) is -4.87. The first-order chi connectivity index (χ1) is 17.3. The molecule has 0 saturated heterocycles. The molecule has 0 aromatic heterocycles. The van der Waals surface area contributed by atoms with Gasteiger partial charge in [0.05, 0.1) is 44.0 Å². The summed E-state index contributed by atoms with van der Waals surface area (Å²) in [5.74, 6) is -1.54. The van der Waals surface area contributed by atoms with Gasteiger partial charge in [0.1, 0.15) is 6.54 Å². The van der Waals surface area contributed by atoms with Crippen LogP contribution in [-0.4, -0.2) is 33.4 Å². The summed E-state index contributed by atoms with van der Waals surface area (Å²) in [5.41, 5.74) is -1.53. The molecule has 3 rings (SSSR count). The van der Waals surface area contributed by atoms with Crippen LogP contribution in [0.25, 0.3) is 0 Å². The van der Waals surface area contributed by atoms with E-state index in [4.69, 9.17) is 27.9 Å². The van der Waals surface area contributed by atoms with E-state index >= 15 is 0 Å². The van der Waals surface area contributed by atoms with Crippen molar-refractivity contribution in [2.75, 3.05) is 22.8 Å². The number of carbonyl (C=O) groups excluding carboxylic acids is 2. The van der Waals surface area contributed by atoms with Crippen molar-refractivity contribution in [3.8, 4) is 0 Å². The number of benzene rings is 3. The lowest BCUT2D eigenvalue weighted by Gasteiger charge is -2.25. The predicted molar refractivity (Wildman–Crippen MR) is 133 cm³/mol. The highest BCUT2D eigenvalue weighted by atomic mass is 35.5. The maximum absolute atomic E-state index is 13.5. The Morgan fingerprint density at radius 1 is 0.973 bits per heavy atom. The highest BCUT2D eigenvalue weighted by molar-refractivity contribution is 7.92. The van der Waals surface area contributed by atoms with Crippen LogP contribution in [0.15, 0.2) is 71.6 Å². The van der Waals surface area contributed by atoms with Gasteiger partial charge in [-0.25, -0.2) is 13.2 Å². The van der Waals surface area contributed by atoms with Gasteiger partial charge in [-0.15, -0.1) is 0 Å². The van der Waals surface area contributed by atoms with E-state index in [1.165, 1.54) is 42.5 Å². The number of amides is 1. The molecule has 0 atom stereocenters. The number of hydrogen-bond acceptors (Lipinski definition) is 5. The van der Waals surface area contributed by atoms with E-state index in [1.54, 1.807) is 13.0 Å². The van der Waals surface area contributed by atoms with Crippen LogP contribution in [0.3, 0.4) is 0 Å². The lowest BCUT2D eigenvalue weighted by Crippen LogP contribution is -2.38. The van der Waals surface area contributed by atoms with Crippen molar-refractivity contribution >= 4 is 56.5 Å². The molecule has 0 radical (unpaired) electrons. The minimum Gasteiger partial charge on any atom is -0.462 e. The quantitative estimate of drug-likeness (QED) is 0.332. The normalized spacial score (nSPS) is 11.6. The van der Waals surface area contributed by atoms with Crippen LogP contribution in [0.4, 0.5) is 24.5 Å². The molecule has 0 aliphatic rings. The first kappa shape index (κ1) is 28.3. The molecular weight excluding hydrogens is 556 g/mol. The van der Waals surface area contributed by atoms with Crippen molar-refractivity contribution < 1.29 is 35.9 Å². The third kappa shape index (κ3) is 6.73. The summed E-state index contributed by atoms with van der Waals surface area (Å²) in [4.78, 5) is 24.5. The van der Waals surface area contributed by atoms with E-state index in [0.717, 1.165) is 12.1 Å². The third-order valence-corrected chi connectivity index (χ3v) is 7.35. The third-order valence-electron chi connectivity index (χ3n) is 4.92. The first-order valence-electron chi connectivity index (χ1n) is 10.6. The van der Waals surface area contributed by atoms with Gasteiger partial charge in [0.25, 0.3) is 10.0 Å². The number of anilines is 2. The number of sulfonamides is 1. The number of nitrogens with one attached hydrogen (secondary N) is 1. The number of halogens is 5. The Morgan fingerprint density at radius 3 is 2.24 bits per heavy atom. The predicted octanol–water partition coefficient (Wildman–Crippen LogP) is 6.02. The molecule has 3 aromatic carbocycles. The average Bonchev–Trinajstić information content (AvgIpc) is 2.84. The van der Waals surface area contributed by atoms with Gasteiger partial charge >= 0.3 is 12.1 Å². The Hall–Kier alpha value is -3.28. The summed E-state index contributed by atoms with van der Waals surface area (Å²) in [6.45, 7) is 0.870. The molecule has 37 heavy (non-hydrogen) atoms. The van der Waals surface area contributed by atoms with Crippen LogP contribution in [0.5, 0.6) is 0 Å². The van der Waals surface area contributed by atoms with Crippen molar-refractivity contribution in [2.45, 2.75) is 18.0 Å². The van der Waals surface area contributed by atoms with E-state index in [1.807, 2.05) is 0 Å². The number of ether oxygens (including phenoxy) is 1. The van der Waals surface area contributed by atoms with Crippen molar-refractivity contribution in [1.29, 1.82) is 0 Å². The van der Waals surface area contributed by atoms with Gasteiger partial charge in [-0.2, -0.15) is 13.2 Å². The zero-order valence-electron chi connectivity index (χ0n) is 19.1. The van der Waals surface area contributed by atoms with E-state index in [0.29, 0.717) is 10.4 Å². The van der Waals surface area contributed by atoms with Gasteiger partial charge in [-0.05, 0) is 55.5 Å². The molecule has 7 nitrogen and oxygen atoms in total. The average molecular weight is 575 g/mol. The Labute approximate surface area is 220 Å². The topological polar surface area (TPSA) is 92.8 Å². The van der Waals surface area contributed by atoms with Gasteiger partial charge in [-0.1, -0.05) is 41.4 Å². The van der Waals surface area contributed by atoms with Crippen LogP contribution >= 0.6 is 23.2 Å². The van der Waals surface area contributed by atoms with Crippen LogP contribution < -0.4 is 9.62 Å². The summed E-state index contributed by atoms with van der Waals surface area (Å²) >= 11 is 11.8. The van der Waals surface area contributed by atoms with Crippen LogP contribution in [0.1, 0.15) is 22.8 Å². The van der Waals surface area contributed by atoms with Gasteiger partial charge < -0.3 is 10.1 Å². The van der Waals surface area contributed by atoms with Crippen molar-refractivity contribution in [3.63, 3.8) is 0 Å². The number of rotatable bonds is 8. The second kappa shape index (κ2) is 11.4. The van der Waals surface area contributed by atoms with Gasteiger partial charge in [-0.3, -0.25) is 9.10 Å². The minimum absolute atomic E-state index is 0.0396. The Morgan fingerprint density at radius 2 is 1.65 bits per heavy atom.